The molecule has 1 atom stereocenters. The van der Waals surface area contributed by atoms with E-state index in [0.29, 0.717) is 63.9 Å². The molecule has 36 heavy (non-hydrogen) atoms. The van der Waals surface area contributed by atoms with Gasteiger partial charge in [-0.25, -0.2) is 0 Å². The van der Waals surface area contributed by atoms with E-state index in [1.807, 2.05) is 0 Å². The summed E-state index contributed by atoms with van der Waals surface area (Å²) in [4.78, 5) is 65.0. The van der Waals surface area contributed by atoms with Gasteiger partial charge in [-0.2, -0.15) is 0 Å². The predicted octanol–water partition coefficient (Wildman–Crippen LogP) is 3.23. The number of allylic oxidation sites excluding steroid dienone is 2. The van der Waals surface area contributed by atoms with Crippen LogP contribution in [0.2, 0.25) is 0 Å². The Balaban J connectivity index is 1.61. The number of hydrogen-bond donors (Lipinski definition) is 0. The molecule has 0 aromatic heterocycles. The number of Topliss-reactive ketones (excluding diaryl/α,β-unsaturated/α-hetero) is 2. The molecule has 188 valence electrons. The molecule has 5 heterocycles. The van der Waals surface area contributed by atoms with E-state index in [4.69, 9.17) is 14.2 Å². The van der Waals surface area contributed by atoms with Crippen LogP contribution in [0.15, 0.2) is 53.3 Å². The molecule has 3 fully saturated rings. The van der Waals surface area contributed by atoms with E-state index >= 15 is 0 Å². The number of ketones is 2. The van der Waals surface area contributed by atoms with Crippen molar-refractivity contribution in [3.05, 3.63) is 53.3 Å². The number of benzene rings is 1. The van der Waals surface area contributed by atoms with E-state index in [-0.39, 0.29) is 46.8 Å². The molecular weight excluding hydrogens is 464 g/mol. The average molecular weight is 493 g/mol. The third-order valence-electron chi connectivity index (χ3n) is 7.70. The molecule has 8 aliphatic rings. The average Bonchev–Trinajstić information content (AvgIpc) is 2.91. The lowest BCUT2D eigenvalue weighted by atomic mass is 9.74. The Morgan fingerprint density at radius 1 is 0.806 bits per heavy atom. The molecule has 1 unspecified atom stereocenters. The Morgan fingerprint density at radius 3 is 2.03 bits per heavy atom. The van der Waals surface area contributed by atoms with Crippen LogP contribution in [0.25, 0.3) is 0 Å². The van der Waals surface area contributed by atoms with Gasteiger partial charge in [0.25, 0.3) is 5.60 Å². The fourth-order valence-electron chi connectivity index (χ4n) is 5.63. The van der Waals surface area contributed by atoms with Crippen LogP contribution >= 0.6 is 0 Å². The summed E-state index contributed by atoms with van der Waals surface area (Å²) in [7, 11) is 0. The van der Waals surface area contributed by atoms with Gasteiger partial charge in [-0.1, -0.05) is 18.2 Å². The Morgan fingerprint density at radius 2 is 1.42 bits per heavy atom. The number of aldehydes is 2. The summed E-state index contributed by atoms with van der Waals surface area (Å²) in [6.07, 6.45) is 5.44. The number of hydrogen-bond acceptors (Lipinski definition) is 8. The molecule has 6 bridgehead atoms. The van der Waals surface area contributed by atoms with E-state index in [1.165, 1.54) is 6.08 Å². The maximum absolute atomic E-state index is 14.0. The fraction of sp³-hybridized carbons (Fsp3) is 0.464. The minimum Gasteiger partial charge on any atom is -0.489 e. The number of fused-ring (bicyclic) bond motifs is 1. The molecule has 2 saturated carbocycles. The van der Waals surface area contributed by atoms with E-state index in [0.717, 1.165) is 0 Å². The molecule has 3 aliphatic carbocycles. The first-order valence-electron chi connectivity index (χ1n) is 12.5. The zero-order chi connectivity index (χ0) is 25.3. The SMILES string of the molecule is O=CC1=C2C(=O)C3CCC(CC3)C(=O)OC3CCC(CC3)OC(=C1)C(C=O)(Oc1ccccc1)C2=O. The summed E-state index contributed by atoms with van der Waals surface area (Å²) in [5, 5.41) is 0. The van der Waals surface area contributed by atoms with Gasteiger partial charge < -0.3 is 14.2 Å². The first kappa shape index (κ1) is 24.2. The summed E-state index contributed by atoms with van der Waals surface area (Å²) in [6.45, 7) is 0. The van der Waals surface area contributed by atoms with Crippen molar-refractivity contribution in [2.75, 3.05) is 0 Å². The normalized spacial score (nSPS) is 32.6. The lowest BCUT2D eigenvalue weighted by Gasteiger charge is -2.38. The lowest BCUT2D eigenvalue weighted by Crippen LogP contribution is -2.53. The number of carbonyl (C=O) groups is 5. The molecule has 1 aromatic rings. The maximum atomic E-state index is 14.0. The van der Waals surface area contributed by atoms with Gasteiger partial charge in [-0.05, 0) is 69.6 Å². The lowest BCUT2D eigenvalue weighted by molar-refractivity contribution is -0.159. The van der Waals surface area contributed by atoms with E-state index < -0.39 is 23.1 Å². The van der Waals surface area contributed by atoms with Crippen LogP contribution in [0.4, 0.5) is 0 Å². The first-order chi connectivity index (χ1) is 17.4. The topological polar surface area (TPSA) is 113 Å². The van der Waals surface area contributed by atoms with Gasteiger partial charge >= 0.3 is 5.97 Å². The molecule has 0 spiro atoms. The van der Waals surface area contributed by atoms with Crippen LogP contribution in [0.3, 0.4) is 0 Å². The molecule has 8 nitrogen and oxygen atoms in total. The van der Waals surface area contributed by atoms with Gasteiger partial charge in [0.1, 0.15) is 11.9 Å². The second-order valence-corrected chi connectivity index (χ2v) is 9.92. The highest BCUT2D eigenvalue weighted by molar-refractivity contribution is 6.32. The van der Waals surface area contributed by atoms with Crippen LogP contribution in [-0.2, 0) is 33.4 Å². The van der Waals surface area contributed by atoms with Gasteiger partial charge in [-0.3, -0.25) is 24.0 Å². The van der Waals surface area contributed by atoms with Crippen LogP contribution in [0, 0.1) is 11.8 Å². The Kier molecular flexibility index (Phi) is 6.60. The van der Waals surface area contributed by atoms with Crippen LogP contribution in [0.1, 0.15) is 51.4 Å². The van der Waals surface area contributed by atoms with E-state index in [2.05, 4.69) is 0 Å². The second-order valence-electron chi connectivity index (χ2n) is 9.92. The number of ether oxygens (including phenoxy) is 3. The van der Waals surface area contributed by atoms with Gasteiger partial charge in [0.05, 0.1) is 17.6 Å². The van der Waals surface area contributed by atoms with Gasteiger partial charge in [0, 0.05) is 11.5 Å². The molecule has 0 N–H and O–H groups in total. The second kappa shape index (κ2) is 9.84. The third-order valence-corrected chi connectivity index (χ3v) is 7.70. The smallest absolute Gasteiger partial charge is 0.309 e. The summed E-state index contributed by atoms with van der Waals surface area (Å²) in [5.74, 6) is -2.35. The van der Waals surface area contributed by atoms with Crippen LogP contribution < -0.4 is 4.74 Å². The summed E-state index contributed by atoms with van der Waals surface area (Å²) >= 11 is 0. The van der Waals surface area contributed by atoms with Gasteiger partial charge in [0.2, 0.25) is 5.78 Å². The molecule has 1 aromatic carbocycles. The number of para-hydroxylation sites is 1. The summed E-state index contributed by atoms with van der Waals surface area (Å²) in [5.41, 5.74) is -2.69. The highest BCUT2D eigenvalue weighted by Crippen LogP contribution is 2.40. The van der Waals surface area contributed by atoms with E-state index in [9.17, 15) is 24.0 Å². The highest BCUT2D eigenvalue weighted by Gasteiger charge is 2.54. The van der Waals surface area contributed by atoms with Crippen molar-refractivity contribution >= 4 is 30.1 Å². The van der Waals surface area contributed by atoms with Crippen LogP contribution in [-0.4, -0.2) is 47.9 Å². The van der Waals surface area contributed by atoms with Crippen LogP contribution in [0.5, 0.6) is 5.75 Å². The molecule has 0 amide bonds. The Labute approximate surface area is 208 Å². The molecule has 9 rings (SSSR count). The van der Waals surface area contributed by atoms with Crippen molar-refractivity contribution < 1.29 is 38.2 Å². The molecule has 1 saturated heterocycles. The largest absolute Gasteiger partial charge is 0.489 e. The summed E-state index contributed by atoms with van der Waals surface area (Å²) < 4.78 is 17.9. The van der Waals surface area contributed by atoms with Crippen molar-refractivity contribution in [2.24, 2.45) is 11.8 Å². The van der Waals surface area contributed by atoms with Crippen molar-refractivity contribution in [2.45, 2.75) is 69.2 Å². The molecule has 5 aliphatic heterocycles. The maximum Gasteiger partial charge on any atom is 0.309 e. The van der Waals surface area contributed by atoms with Crippen molar-refractivity contribution in [3.63, 3.8) is 0 Å². The zero-order valence-corrected chi connectivity index (χ0v) is 19.9. The van der Waals surface area contributed by atoms with Crippen molar-refractivity contribution in [1.82, 2.24) is 0 Å². The van der Waals surface area contributed by atoms with Crippen molar-refractivity contribution in [3.8, 4) is 5.75 Å². The number of esters is 1. The number of carbonyl (C=O) groups excluding carboxylic acids is 5. The fourth-order valence-corrected chi connectivity index (χ4v) is 5.63. The standard InChI is InChI=1S/C28H28O8/c29-15-19-14-23-28(16-30,36-22-4-2-1-3-5-22)26(32)24(19)25(31)17-6-8-18(9-7-17)27(33)35-21-12-10-20(34-23)11-13-21/h1-5,14-18,20-21H,6-13H2. The third kappa shape index (κ3) is 4.29. The van der Waals surface area contributed by atoms with E-state index in [1.54, 1.807) is 30.3 Å². The van der Waals surface area contributed by atoms with Crippen molar-refractivity contribution in [1.29, 1.82) is 0 Å². The Hall–Kier alpha value is -3.55. The molecule has 0 radical (unpaired) electrons. The quantitative estimate of drug-likeness (QED) is 0.273. The van der Waals surface area contributed by atoms with Gasteiger partial charge in [0.15, 0.2) is 24.1 Å². The Bertz CT molecular complexity index is 1130. The highest BCUT2D eigenvalue weighted by atomic mass is 16.6. The minimum atomic E-state index is -2.23. The molecule has 8 heteroatoms. The minimum absolute atomic E-state index is 0.110. The molecular formula is C28H28O8. The number of rotatable bonds is 4. The van der Waals surface area contributed by atoms with Gasteiger partial charge in [-0.15, -0.1) is 0 Å². The summed E-state index contributed by atoms with van der Waals surface area (Å²) in [6, 6.07) is 8.36. The monoisotopic (exact) mass is 492 g/mol. The first-order valence-corrected chi connectivity index (χ1v) is 12.5. The predicted molar refractivity (Wildman–Crippen MR) is 126 cm³/mol. The zero-order valence-electron chi connectivity index (χ0n) is 19.9.